The van der Waals surface area contributed by atoms with Crippen molar-refractivity contribution in [1.29, 1.82) is 0 Å². The van der Waals surface area contributed by atoms with Crippen LogP contribution in [0.15, 0.2) is 60.8 Å². The van der Waals surface area contributed by atoms with E-state index in [-0.39, 0.29) is 42.0 Å². The quantitative estimate of drug-likeness (QED) is 0.113. The van der Waals surface area contributed by atoms with Gasteiger partial charge in [-0.2, -0.15) is 5.10 Å². The van der Waals surface area contributed by atoms with Crippen LogP contribution in [0.3, 0.4) is 0 Å². The van der Waals surface area contributed by atoms with E-state index in [4.69, 9.17) is 16.7 Å². The fraction of sp³-hybridized carbons (Fsp3) is 0.361. The fourth-order valence-corrected chi connectivity index (χ4v) is 6.50. The monoisotopic (exact) mass is 672 g/mol. The van der Waals surface area contributed by atoms with Crippen molar-refractivity contribution >= 4 is 52.0 Å². The lowest BCUT2D eigenvalue weighted by molar-refractivity contribution is -0.130. The van der Waals surface area contributed by atoms with E-state index in [0.717, 1.165) is 40.5 Å². The molecular formula is C36H41ClN6O5. The van der Waals surface area contributed by atoms with Crippen LogP contribution in [-0.2, 0) is 16.0 Å². The lowest BCUT2D eigenvalue weighted by Crippen LogP contribution is -2.48. The minimum atomic E-state index is -1.05. The maximum atomic E-state index is 13.8. The van der Waals surface area contributed by atoms with Crippen LogP contribution >= 0.6 is 11.6 Å². The number of H-pyrrole nitrogens is 1. The first-order chi connectivity index (χ1) is 23.0. The molecule has 6 N–H and O–H groups in total. The normalized spacial score (nSPS) is 16.7. The molecule has 252 valence electrons. The number of hydrogen-bond donors (Lipinski definition) is 6. The summed E-state index contributed by atoms with van der Waals surface area (Å²) >= 11 is 6.42. The number of halogens is 1. The van der Waals surface area contributed by atoms with Gasteiger partial charge in [0, 0.05) is 41.6 Å². The summed E-state index contributed by atoms with van der Waals surface area (Å²) in [4.78, 5) is 50.5. The smallest absolute Gasteiger partial charge is 0.404 e. The molecular weight excluding hydrogens is 632 g/mol. The number of nitrogens with one attached hydrogen (secondary N) is 5. The molecule has 11 nitrogen and oxygen atoms in total. The number of carboxylic acid groups (broad SMARTS) is 1. The Morgan fingerprint density at radius 2 is 1.71 bits per heavy atom. The standard InChI is InChI=1S/C36H41ClN6O5/c1-20(2)40-33(44)26-11-9-24(10-12-26)28-13-6-23(14-21(28)3)15-32(35(46)41-27-16-30(37)29-19-39-43-31(29)17-27)42-34(45)25-7-4-22(5-8-25)18-38-36(47)48/h6,9-14,16-17,19-20,22,25,32,38H,4-5,7-8,15,18H2,1-3H3,(H,39,43)(H,40,44)(H,41,46)(H,42,45)(H,47,48)/t22-,25-,32-/m0/s1. The van der Waals surface area contributed by atoms with Crippen molar-refractivity contribution in [2.24, 2.45) is 11.8 Å². The number of rotatable bonds is 11. The SMILES string of the molecule is Cc1cc(C[C@H](NC(=O)[C@H]2CC[C@H](CNC(=O)O)CC2)C(=O)Nc2cc(Cl)c3cn[nH]c3c2)ccc1-c1ccc(C(=O)NC(C)C)cc1. The van der Waals surface area contributed by atoms with E-state index in [1.807, 2.05) is 51.1 Å². The van der Waals surface area contributed by atoms with E-state index >= 15 is 0 Å². The number of aromatic nitrogens is 2. The van der Waals surface area contributed by atoms with E-state index in [0.29, 0.717) is 41.2 Å². The zero-order valence-corrected chi connectivity index (χ0v) is 28.0. The second kappa shape index (κ2) is 15.3. The molecule has 1 heterocycles. The van der Waals surface area contributed by atoms with Gasteiger partial charge in [-0.25, -0.2) is 4.79 Å². The van der Waals surface area contributed by atoms with Gasteiger partial charge in [0.05, 0.1) is 16.7 Å². The molecule has 1 aliphatic rings. The highest BCUT2D eigenvalue weighted by atomic mass is 35.5. The van der Waals surface area contributed by atoms with Gasteiger partial charge in [-0.15, -0.1) is 0 Å². The molecule has 0 unspecified atom stereocenters. The molecule has 1 saturated carbocycles. The van der Waals surface area contributed by atoms with E-state index in [1.54, 1.807) is 30.5 Å². The summed E-state index contributed by atoms with van der Waals surface area (Å²) in [7, 11) is 0. The number of carbonyl (C=O) groups is 4. The molecule has 1 atom stereocenters. The summed E-state index contributed by atoms with van der Waals surface area (Å²) in [5.74, 6) is -0.787. The summed E-state index contributed by atoms with van der Waals surface area (Å²) in [6.45, 7) is 6.19. The van der Waals surface area contributed by atoms with Gasteiger partial charge in [-0.3, -0.25) is 19.5 Å². The first-order valence-electron chi connectivity index (χ1n) is 16.2. The third-order valence-corrected chi connectivity index (χ3v) is 9.09. The molecule has 4 amide bonds. The Bertz CT molecular complexity index is 1800. The summed E-state index contributed by atoms with van der Waals surface area (Å²) in [5.41, 5.74) is 5.55. The molecule has 1 fully saturated rings. The topological polar surface area (TPSA) is 165 Å². The van der Waals surface area contributed by atoms with Crippen molar-refractivity contribution in [3.63, 3.8) is 0 Å². The first-order valence-corrected chi connectivity index (χ1v) is 16.6. The predicted octanol–water partition coefficient (Wildman–Crippen LogP) is 6.07. The second-order valence-electron chi connectivity index (χ2n) is 12.8. The highest BCUT2D eigenvalue weighted by molar-refractivity contribution is 6.35. The Morgan fingerprint density at radius 3 is 2.38 bits per heavy atom. The summed E-state index contributed by atoms with van der Waals surface area (Å²) < 4.78 is 0. The Balaban J connectivity index is 1.32. The van der Waals surface area contributed by atoms with Crippen LogP contribution in [0.25, 0.3) is 22.0 Å². The van der Waals surface area contributed by atoms with Crippen LogP contribution < -0.4 is 21.3 Å². The van der Waals surface area contributed by atoms with Crippen LogP contribution in [0.4, 0.5) is 10.5 Å². The van der Waals surface area contributed by atoms with Gasteiger partial charge in [0.1, 0.15) is 6.04 Å². The molecule has 5 rings (SSSR count). The van der Waals surface area contributed by atoms with Gasteiger partial charge >= 0.3 is 6.09 Å². The molecule has 4 aromatic rings. The van der Waals surface area contributed by atoms with Crippen LogP contribution in [0.2, 0.25) is 5.02 Å². The van der Waals surface area contributed by atoms with Crippen molar-refractivity contribution in [2.45, 2.75) is 65.0 Å². The fourth-order valence-electron chi connectivity index (χ4n) is 6.23. The van der Waals surface area contributed by atoms with Gasteiger partial charge in [0.2, 0.25) is 11.8 Å². The molecule has 0 spiro atoms. The largest absolute Gasteiger partial charge is 0.465 e. The van der Waals surface area contributed by atoms with Gasteiger partial charge in [0.25, 0.3) is 5.91 Å². The predicted molar refractivity (Wildman–Crippen MR) is 186 cm³/mol. The lowest BCUT2D eigenvalue weighted by atomic mass is 9.81. The number of aromatic amines is 1. The Labute approximate surface area is 284 Å². The van der Waals surface area contributed by atoms with E-state index in [1.165, 1.54) is 0 Å². The number of anilines is 1. The number of benzene rings is 3. The molecule has 1 aromatic heterocycles. The highest BCUT2D eigenvalue weighted by Crippen LogP contribution is 2.30. The zero-order valence-electron chi connectivity index (χ0n) is 27.2. The van der Waals surface area contributed by atoms with Gasteiger partial charge < -0.3 is 26.4 Å². The first kappa shape index (κ1) is 34.4. The number of hydrogen-bond acceptors (Lipinski definition) is 5. The maximum absolute atomic E-state index is 13.8. The van der Waals surface area contributed by atoms with Crippen LogP contribution in [-0.4, -0.2) is 57.7 Å². The number of nitrogens with zero attached hydrogens (tertiary/aromatic N) is 1. The van der Waals surface area contributed by atoms with E-state index in [9.17, 15) is 19.2 Å². The van der Waals surface area contributed by atoms with Gasteiger partial charge in [-0.1, -0.05) is 41.9 Å². The molecule has 0 radical (unpaired) electrons. The van der Waals surface area contributed by atoms with Crippen LogP contribution in [0.5, 0.6) is 0 Å². The van der Waals surface area contributed by atoms with Gasteiger partial charge in [-0.05, 0) is 98.9 Å². The summed E-state index contributed by atoms with van der Waals surface area (Å²) in [6.07, 6.45) is 3.50. The Morgan fingerprint density at radius 1 is 0.979 bits per heavy atom. The van der Waals surface area contributed by atoms with Gasteiger partial charge in [0.15, 0.2) is 0 Å². The third kappa shape index (κ3) is 8.71. The van der Waals surface area contributed by atoms with Crippen molar-refractivity contribution in [1.82, 2.24) is 26.1 Å². The maximum Gasteiger partial charge on any atom is 0.404 e. The van der Waals surface area contributed by atoms with Crippen molar-refractivity contribution in [2.75, 3.05) is 11.9 Å². The lowest BCUT2D eigenvalue weighted by Gasteiger charge is -2.29. The molecule has 3 aromatic carbocycles. The van der Waals surface area contributed by atoms with E-state index in [2.05, 4.69) is 31.5 Å². The van der Waals surface area contributed by atoms with Crippen molar-refractivity contribution < 1.29 is 24.3 Å². The molecule has 0 saturated heterocycles. The summed E-state index contributed by atoms with van der Waals surface area (Å²) in [6, 6.07) is 16.0. The molecule has 0 aliphatic heterocycles. The molecule has 12 heteroatoms. The number of carbonyl (C=O) groups excluding carboxylic acids is 3. The Hall–Kier alpha value is -4.90. The number of amides is 4. The zero-order chi connectivity index (χ0) is 34.4. The minimum absolute atomic E-state index is 0.0449. The minimum Gasteiger partial charge on any atom is -0.465 e. The summed E-state index contributed by atoms with van der Waals surface area (Å²) in [5, 5.41) is 28.2. The third-order valence-electron chi connectivity index (χ3n) is 8.78. The second-order valence-corrected chi connectivity index (χ2v) is 13.2. The van der Waals surface area contributed by atoms with Crippen LogP contribution in [0.1, 0.15) is 61.0 Å². The average molecular weight is 673 g/mol. The van der Waals surface area contributed by atoms with Crippen molar-refractivity contribution in [3.05, 3.63) is 82.5 Å². The highest BCUT2D eigenvalue weighted by Gasteiger charge is 2.30. The number of fused-ring (bicyclic) bond motifs is 1. The Kier molecular flexibility index (Phi) is 11.0. The van der Waals surface area contributed by atoms with Crippen molar-refractivity contribution in [3.8, 4) is 11.1 Å². The molecule has 48 heavy (non-hydrogen) atoms. The average Bonchev–Trinajstić information content (AvgIpc) is 3.53. The van der Waals surface area contributed by atoms with E-state index < -0.39 is 12.1 Å². The molecule has 0 bridgehead atoms. The number of aryl methyl sites for hydroxylation is 1. The van der Waals surface area contributed by atoms with Crippen LogP contribution in [0, 0.1) is 18.8 Å². The molecule has 1 aliphatic carbocycles.